The summed E-state index contributed by atoms with van der Waals surface area (Å²) in [6, 6.07) is 20.4. The number of halogens is 1. The molecule has 4 rings (SSSR count). The molecule has 0 amide bonds. The predicted octanol–water partition coefficient (Wildman–Crippen LogP) is 5.16. The Morgan fingerprint density at radius 1 is 1.03 bits per heavy atom. The molecule has 0 aliphatic carbocycles. The first-order valence-electron chi connectivity index (χ1n) is 8.99. The number of hydrogen-bond donors (Lipinski definition) is 0. The number of thioether (sulfide) groups is 1. The highest BCUT2D eigenvalue weighted by atomic mass is 79.9. The number of para-hydroxylation sites is 1. The Hall–Kier alpha value is -2.70. The van der Waals surface area contributed by atoms with Crippen LogP contribution in [0.5, 0.6) is 0 Å². The Labute approximate surface area is 180 Å². The lowest BCUT2D eigenvalue weighted by atomic mass is 10.0. The third kappa shape index (κ3) is 4.04. The topological polar surface area (TPSA) is 52.0 Å². The Morgan fingerprint density at radius 2 is 1.79 bits per heavy atom. The van der Waals surface area contributed by atoms with Gasteiger partial charge in [-0.25, -0.2) is 4.98 Å². The van der Waals surface area contributed by atoms with Crippen molar-refractivity contribution in [2.24, 2.45) is 0 Å². The smallest absolute Gasteiger partial charge is 0.200 e. The highest BCUT2D eigenvalue weighted by molar-refractivity contribution is 9.10. The first-order chi connectivity index (χ1) is 14.1. The number of fused-ring (bicyclic) bond motifs is 1. The minimum Gasteiger partial charge on any atom is -0.340 e. The van der Waals surface area contributed by atoms with Gasteiger partial charge in [0.15, 0.2) is 5.78 Å². The van der Waals surface area contributed by atoms with E-state index in [4.69, 9.17) is 0 Å². The van der Waals surface area contributed by atoms with Crippen LogP contribution in [0.3, 0.4) is 0 Å². The highest BCUT2D eigenvalue weighted by Crippen LogP contribution is 2.19. The van der Waals surface area contributed by atoms with Crippen LogP contribution in [0, 0.1) is 0 Å². The average Bonchev–Trinajstić information content (AvgIpc) is 2.75. The van der Waals surface area contributed by atoms with Crippen LogP contribution in [-0.2, 0) is 6.54 Å². The molecule has 6 heteroatoms. The molecule has 0 aliphatic heterocycles. The lowest BCUT2D eigenvalue weighted by molar-refractivity contribution is 0.103. The third-order valence-electron chi connectivity index (χ3n) is 4.69. The summed E-state index contributed by atoms with van der Waals surface area (Å²) in [6.45, 7) is 0.450. The molecule has 0 fully saturated rings. The van der Waals surface area contributed by atoms with Crippen LogP contribution in [0.1, 0.15) is 21.6 Å². The summed E-state index contributed by atoms with van der Waals surface area (Å²) in [4.78, 5) is 31.7. The van der Waals surface area contributed by atoms with E-state index in [0.717, 1.165) is 20.7 Å². The zero-order chi connectivity index (χ0) is 20.4. The second kappa shape index (κ2) is 8.35. The van der Waals surface area contributed by atoms with Crippen LogP contribution in [0.25, 0.3) is 10.9 Å². The molecule has 0 spiro atoms. The number of nitrogens with zero attached hydrogens (tertiary/aromatic N) is 2. The van der Waals surface area contributed by atoms with E-state index in [1.54, 1.807) is 36.2 Å². The number of carbonyl (C=O) groups excluding carboxylic acids is 1. The van der Waals surface area contributed by atoms with Crippen molar-refractivity contribution in [1.29, 1.82) is 0 Å². The van der Waals surface area contributed by atoms with Gasteiger partial charge in [0.2, 0.25) is 5.43 Å². The summed E-state index contributed by atoms with van der Waals surface area (Å²) in [6.07, 6.45) is 3.63. The number of carbonyl (C=O) groups is 1. The monoisotopic (exact) mass is 464 g/mol. The average molecular weight is 465 g/mol. The maximum atomic E-state index is 13.1. The molecule has 0 N–H and O–H groups in total. The van der Waals surface area contributed by atoms with Gasteiger partial charge in [0.25, 0.3) is 0 Å². The normalized spacial score (nSPS) is 11.0. The van der Waals surface area contributed by atoms with Gasteiger partial charge in [0.05, 0.1) is 23.3 Å². The van der Waals surface area contributed by atoms with Crippen LogP contribution >= 0.6 is 27.7 Å². The largest absolute Gasteiger partial charge is 0.340 e. The fraction of sp³-hybridized carbons (Fsp3) is 0.0870. The fourth-order valence-electron chi connectivity index (χ4n) is 3.25. The molecule has 0 radical (unpaired) electrons. The quantitative estimate of drug-likeness (QED) is 0.232. The molecule has 29 heavy (non-hydrogen) atoms. The molecule has 2 aromatic carbocycles. The molecule has 2 aromatic heterocycles. The standard InChI is InChI=1S/C23H17BrN2O2S/c1-29-17-11-9-15(10-12-17)22(27)19-14-26(13-16-5-4-8-21(24)25-16)20-7-3-2-6-18(20)23(19)28/h2-12,14H,13H2,1H3. The number of ketones is 1. The zero-order valence-electron chi connectivity index (χ0n) is 15.6. The molecule has 0 atom stereocenters. The van der Waals surface area contributed by atoms with Crippen molar-refractivity contribution < 1.29 is 4.79 Å². The van der Waals surface area contributed by atoms with Crippen molar-refractivity contribution in [3.8, 4) is 0 Å². The van der Waals surface area contributed by atoms with Gasteiger partial charge < -0.3 is 4.57 Å². The van der Waals surface area contributed by atoms with Gasteiger partial charge in [0, 0.05) is 22.0 Å². The Morgan fingerprint density at radius 3 is 2.52 bits per heavy atom. The summed E-state index contributed by atoms with van der Waals surface area (Å²) >= 11 is 5.00. The van der Waals surface area contributed by atoms with Gasteiger partial charge >= 0.3 is 0 Å². The van der Waals surface area contributed by atoms with E-state index in [9.17, 15) is 9.59 Å². The van der Waals surface area contributed by atoms with Crippen LogP contribution in [-0.4, -0.2) is 21.6 Å². The van der Waals surface area contributed by atoms with E-state index < -0.39 is 0 Å². The number of hydrogen-bond acceptors (Lipinski definition) is 4. The SMILES string of the molecule is CSc1ccc(C(=O)c2cn(Cc3cccc(Br)n3)c3ccccc3c2=O)cc1. The summed E-state index contributed by atoms with van der Waals surface area (Å²) < 4.78 is 2.65. The van der Waals surface area contributed by atoms with Gasteiger partial charge in [-0.1, -0.05) is 18.2 Å². The second-order valence-corrected chi connectivity index (χ2v) is 8.22. The third-order valence-corrected chi connectivity index (χ3v) is 5.87. The van der Waals surface area contributed by atoms with Crippen molar-refractivity contribution >= 4 is 44.4 Å². The summed E-state index contributed by atoms with van der Waals surface area (Å²) in [5.41, 5.74) is 2.01. The number of pyridine rings is 2. The molecule has 2 heterocycles. The highest BCUT2D eigenvalue weighted by Gasteiger charge is 2.17. The molecule has 0 aliphatic rings. The van der Waals surface area contributed by atoms with E-state index in [1.807, 2.05) is 59.4 Å². The predicted molar refractivity (Wildman–Crippen MR) is 121 cm³/mol. The Bertz CT molecular complexity index is 1270. The number of benzene rings is 2. The molecule has 4 nitrogen and oxygen atoms in total. The molecular weight excluding hydrogens is 448 g/mol. The van der Waals surface area contributed by atoms with Gasteiger partial charge in [-0.3, -0.25) is 9.59 Å². The van der Waals surface area contributed by atoms with Crippen molar-refractivity contribution in [2.75, 3.05) is 6.26 Å². The summed E-state index contributed by atoms with van der Waals surface area (Å²) in [5.74, 6) is -0.274. The van der Waals surface area contributed by atoms with Gasteiger partial charge in [-0.15, -0.1) is 11.8 Å². The van der Waals surface area contributed by atoms with Gasteiger partial charge in [0.1, 0.15) is 4.60 Å². The number of rotatable bonds is 5. The van der Waals surface area contributed by atoms with Crippen LogP contribution in [0.15, 0.2) is 87.2 Å². The molecule has 0 unspecified atom stereocenters. The van der Waals surface area contributed by atoms with Crippen molar-refractivity contribution in [2.45, 2.75) is 11.4 Å². The molecule has 4 aromatic rings. The van der Waals surface area contributed by atoms with Crippen molar-refractivity contribution in [1.82, 2.24) is 9.55 Å². The lowest BCUT2D eigenvalue weighted by Gasteiger charge is -2.13. The summed E-state index contributed by atoms with van der Waals surface area (Å²) in [7, 11) is 0. The van der Waals surface area contributed by atoms with Crippen molar-refractivity contribution in [3.63, 3.8) is 0 Å². The number of aromatic nitrogens is 2. The van der Waals surface area contributed by atoms with E-state index in [0.29, 0.717) is 17.5 Å². The van der Waals surface area contributed by atoms with E-state index in [1.165, 1.54) is 0 Å². The Kier molecular flexibility index (Phi) is 5.65. The first-order valence-corrected chi connectivity index (χ1v) is 11.0. The molecule has 144 valence electrons. The lowest BCUT2D eigenvalue weighted by Crippen LogP contribution is -2.20. The zero-order valence-corrected chi connectivity index (χ0v) is 18.0. The molecule has 0 saturated carbocycles. The van der Waals surface area contributed by atoms with Gasteiger partial charge in [-0.2, -0.15) is 0 Å². The maximum Gasteiger partial charge on any atom is 0.200 e. The molecular formula is C23H17BrN2O2S. The molecule has 0 bridgehead atoms. The van der Waals surface area contributed by atoms with E-state index in [2.05, 4.69) is 20.9 Å². The fourth-order valence-corrected chi connectivity index (χ4v) is 4.04. The minimum absolute atomic E-state index is 0.163. The first kappa shape index (κ1) is 19.6. The van der Waals surface area contributed by atoms with Gasteiger partial charge in [-0.05, 0) is 70.7 Å². The molecule has 0 saturated heterocycles. The minimum atomic E-state index is -0.274. The van der Waals surface area contributed by atoms with E-state index >= 15 is 0 Å². The second-order valence-electron chi connectivity index (χ2n) is 6.53. The van der Waals surface area contributed by atoms with Crippen molar-refractivity contribution in [3.05, 3.63) is 105 Å². The van der Waals surface area contributed by atoms with Crippen LogP contribution in [0.4, 0.5) is 0 Å². The van der Waals surface area contributed by atoms with E-state index in [-0.39, 0.29) is 16.8 Å². The summed E-state index contributed by atoms with van der Waals surface area (Å²) in [5, 5.41) is 0.522. The maximum absolute atomic E-state index is 13.1. The van der Waals surface area contributed by atoms with Crippen LogP contribution < -0.4 is 5.43 Å². The van der Waals surface area contributed by atoms with Crippen LogP contribution in [0.2, 0.25) is 0 Å². The Balaban J connectivity index is 1.84.